The number of hydrogen-bond donors (Lipinski definition) is 0. The lowest BCUT2D eigenvalue weighted by molar-refractivity contribution is 0.0724. The predicted octanol–water partition coefficient (Wildman–Crippen LogP) is 0.400. The molecule has 23 heavy (non-hydrogen) atoms. The summed E-state index contributed by atoms with van der Waals surface area (Å²) < 4.78 is 26.0. The van der Waals surface area contributed by atoms with E-state index in [0.29, 0.717) is 42.8 Å². The van der Waals surface area contributed by atoms with Gasteiger partial charge in [-0.05, 0) is 32.1 Å². The number of nitriles is 1. The highest BCUT2D eigenvalue weighted by Gasteiger charge is 2.60. The van der Waals surface area contributed by atoms with Gasteiger partial charge in [-0.1, -0.05) is 0 Å². The van der Waals surface area contributed by atoms with Crippen LogP contribution in [0.1, 0.15) is 47.4 Å². The van der Waals surface area contributed by atoms with Crippen molar-refractivity contribution < 1.29 is 13.2 Å². The lowest BCUT2D eigenvalue weighted by Crippen LogP contribution is -2.46. The molecule has 0 aromatic carbocycles. The molecule has 0 bridgehead atoms. The standard InChI is InChI=1S/C15H18N4O3S/c1-18-13-11(12(8-16)17-18)4-7-19(14(13)20)9-15(5-6-15)23(21,22)10-2-3-10/h10H,2-7,9H2,1H3. The third-order valence-electron chi connectivity index (χ3n) is 5.23. The van der Waals surface area contributed by atoms with Crippen LogP contribution >= 0.6 is 0 Å². The molecule has 1 amide bonds. The van der Waals surface area contributed by atoms with Gasteiger partial charge < -0.3 is 4.90 Å². The van der Waals surface area contributed by atoms with Crippen LogP contribution in [-0.2, 0) is 23.3 Å². The molecule has 8 heteroatoms. The van der Waals surface area contributed by atoms with Crippen LogP contribution in [0.5, 0.6) is 0 Å². The van der Waals surface area contributed by atoms with Crippen LogP contribution in [0.3, 0.4) is 0 Å². The summed E-state index contributed by atoms with van der Waals surface area (Å²) in [6.45, 7) is 0.727. The number of fused-ring (bicyclic) bond motifs is 1. The Labute approximate surface area is 134 Å². The number of sulfone groups is 1. The Morgan fingerprint density at radius 1 is 1.39 bits per heavy atom. The second-order valence-corrected chi connectivity index (χ2v) is 9.44. The van der Waals surface area contributed by atoms with E-state index in [-0.39, 0.29) is 17.7 Å². The molecule has 2 aliphatic carbocycles. The van der Waals surface area contributed by atoms with E-state index < -0.39 is 14.6 Å². The minimum atomic E-state index is -3.13. The first kappa shape index (κ1) is 14.7. The Kier molecular flexibility index (Phi) is 2.92. The average Bonchev–Trinajstić information content (AvgIpc) is 3.40. The molecular formula is C15H18N4O3S. The van der Waals surface area contributed by atoms with E-state index >= 15 is 0 Å². The maximum absolute atomic E-state index is 12.7. The summed E-state index contributed by atoms with van der Waals surface area (Å²) in [5.41, 5.74) is 1.40. The predicted molar refractivity (Wildman–Crippen MR) is 81.4 cm³/mol. The zero-order chi connectivity index (χ0) is 16.4. The molecule has 7 nitrogen and oxygen atoms in total. The lowest BCUT2D eigenvalue weighted by Gasteiger charge is -2.30. The molecule has 1 aromatic rings. The van der Waals surface area contributed by atoms with Gasteiger partial charge in [-0.25, -0.2) is 8.42 Å². The van der Waals surface area contributed by atoms with Crippen molar-refractivity contribution in [1.82, 2.24) is 14.7 Å². The maximum atomic E-state index is 12.7. The first-order valence-electron chi connectivity index (χ1n) is 7.88. The molecular weight excluding hydrogens is 316 g/mol. The smallest absolute Gasteiger partial charge is 0.272 e. The van der Waals surface area contributed by atoms with E-state index in [4.69, 9.17) is 5.26 Å². The number of amides is 1. The summed E-state index contributed by atoms with van der Waals surface area (Å²) in [5.74, 6) is -0.208. The number of carbonyl (C=O) groups is 1. The molecule has 0 atom stereocenters. The highest BCUT2D eigenvalue weighted by molar-refractivity contribution is 7.94. The van der Waals surface area contributed by atoms with Gasteiger partial charge in [0, 0.05) is 25.7 Å². The van der Waals surface area contributed by atoms with Crippen LogP contribution in [0.4, 0.5) is 0 Å². The SMILES string of the molecule is Cn1nc(C#N)c2c1C(=O)N(CC1(S(=O)(=O)C3CC3)CC1)CC2. The number of nitrogens with zero attached hydrogens (tertiary/aromatic N) is 4. The summed E-state index contributed by atoms with van der Waals surface area (Å²) in [5, 5.41) is 13.0. The molecule has 2 fully saturated rings. The van der Waals surface area contributed by atoms with E-state index in [9.17, 15) is 13.2 Å². The van der Waals surface area contributed by atoms with E-state index in [0.717, 1.165) is 12.8 Å². The third kappa shape index (κ3) is 2.02. The molecule has 3 aliphatic rings. The number of rotatable bonds is 4. The Balaban J connectivity index is 1.61. The summed E-state index contributed by atoms with van der Waals surface area (Å²) in [6, 6.07) is 2.02. The zero-order valence-electron chi connectivity index (χ0n) is 12.9. The molecule has 0 saturated heterocycles. The molecule has 0 N–H and O–H groups in total. The number of carbonyl (C=O) groups excluding carboxylic acids is 1. The van der Waals surface area contributed by atoms with Crippen LogP contribution in [0, 0.1) is 11.3 Å². The summed E-state index contributed by atoms with van der Waals surface area (Å²) in [6.07, 6.45) is 3.37. The van der Waals surface area contributed by atoms with Crippen molar-refractivity contribution in [3.63, 3.8) is 0 Å². The minimum absolute atomic E-state index is 0.192. The monoisotopic (exact) mass is 334 g/mol. The molecule has 0 radical (unpaired) electrons. The second kappa shape index (κ2) is 4.57. The first-order chi connectivity index (χ1) is 10.9. The van der Waals surface area contributed by atoms with Crippen molar-refractivity contribution >= 4 is 15.7 Å². The van der Waals surface area contributed by atoms with E-state index in [1.807, 2.05) is 6.07 Å². The molecule has 2 saturated carbocycles. The quantitative estimate of drug-likeness (QED) is 0.794. The molecule has 4 rings (SSSR count). The van der Waals surface area contributed by atoms with E-state index in [1.165, 1.54) is 4.68 Å². The number of aryl methyl sites for hydroxylation is 1. The minimum Gasteiger partial charge on any atom is -0.335 e. The maximum Gasteiger partial charge on any atom is 0.272 e. The molecule has 122 valence electrons. The fraction of sp³-hybridized carbons (Fsp3) is 0.667. The molecule has 2 heterocycles. The van der Waals surface area contributed by atoms with Gasteiger partial charge in [0.05, 0.1) is 10.00 Å². The van der Waals surface area contributed by atoms with Crippen LogP contribution in [0.25, 0.3) is 0 Å². The van der Waals surface area contributed by atoms with Gasteiger partial charge in [0.25, 0.3) is 5.91 Å². The van der Waals surface area contributed by atoms with Gasteiger partial charge in [-0.15, -0.1) is 0 Å². The van der Waals surface area contributed by atoms with Gasteiger partial charge in [0.15, 0.2) is 15.5 Å². The topological polar surface area (TPSA) is 96.1 Å². The van der Waals surface area contributed by atoms with Crippen molar-refractivity contribution in [3.8, 4) is 6.07 Å². The van der Waals surface area contributed by atoms with Crippen LogP contribution < -0.4 is 0 Å². The number of aromatic nitrogens is 2. The van der Waals surface area contributed by atoms with Gasteiger partial charge >= 0.3 is 0 Å². The van der Waals surface area contributed by atoms with Crippen LogP contribution in [0.15, 0.2) is 0 Å². The molecule has 0 unspecified atom stereocenters. The van der Waals surface area contributed by atoms with Crippen molar-refractivity contribution in [2.75, 3.05) is 13.1 Å². The van der Waals surface area contributed by atoms with Crippen molar-refractivity contribution in [1.29, 1.82) is 5.26 Å². The molecule has 0 spiro atoms. The zero-order valence-corrected chi connectivity index (χ0v) is 13.8. The lowest BCUT2D eigenvalue weighted by atomic mass is 10.0. The Morgan fingerprint density at radius 3 is 2.65 bits per heavy atom. The fourth-order valence-corrected chi connectivity index (χ4v) is 6.03. The van der Waals surface area contributed by atoms with Gasteiger partial charge in [-0.2, -0.15) is 10.4 Å². The third-order valence-corrected chi connectivity index (χ3v) is 8.32. The van der Waals surface area contributed by atoms with Crippen molar-refractivity contribution in [2.24, 2.45) is 7.05 Å². The van der Waals surface area contributed by atoms with E-state index in [2.05, 4.69) is 5.10 Å². The highest BCUT2D eigenvalue weighted by Crippen LogP contribution is 2.50. The Hall–Kier alpha value is -1.88. The summed E-state index contributed by atoms with van der Waals surface area (Å²) >= 11 is 0. The Bertz CT molecular complexity index is 841. The summed E-state index contributed by atoms with van der Waals surface area (Å²) in [4.78, 5) is 14.4. The van der Waals surface area contributed by atoms with Crippen molar-refractivity contribution in [2.45, 2.75) is 42.1 Å². The fourth-order valence-electron chi connectivity index (χ4n) is 3.56. The van der Waals surface area contributed by atoms with Crippen LogP contribution in [-0.4, -0.2) is 52.1 Å². The van der Waals surface area contributed by atoms with Gasteiger partial charge in [-0.3, -0.25) is 9.48 Å². The van der Waals surface area contributed by atoms with Gasteiger partial charge in [0.2, 0.25) is 0 Å². The second-order valence-electron chi connectivity index (χ2n) is 6.82. The van der Waals surface area contributed by atoms with Gasteiger partial charge in [0.1, 0.15) is 11.8 Å². The van der Waals surface area contributed by atoms with Crippen molar-refractivity contribution in [3.05, 3.63) is 17.0 Å². The number of hydrogen-bond acceptors (Lipinski definition) is 5. The normalized spacial score (nSPS) is 22.6. The van der Waals surface area contributed by atoms with Crippen LogP contribution in [0.2, 0.25) is 0 Å². The molecule has 1 aromatic heterocycles. The highest BCUT2D eigenvalue weighted by atomic mass is 32.2. The summed E-state index contributed by atoms with van der Waals surface area (Å²) in [7, 11) is -1.48. The molecule has 1 aliphatic heterocycles. The average molecular weight is 334 g/mol. The first-order valence-corrected chi connectivity index (χ1v) is 9.43. The Morgan fingerprint density at radius 2 is 2.09 bits per heavy atom. The van der Waals surface area contributed by atoms with E-state index in [1.54, 1.807) is 11.9 Å². The largest absolute Gasteiger partial charge is 0.335 e.